The molecule has 1 aromatic heterocycles. The zero-order valence-electron chi connectivity index (χ0n) is 24.1. The Bertz CT molecular complexity index is 1440. The van der Waals surface area contributed by atoms with Gasteiger partial charge in [0.05, 0.1) is 43.9 Å². The lowest BCUT2D eigenvalue weighted by Gasteiger charge is -2.38. The first-order chi connectivity index (χ1) is 20.3. The highest BCUT2D eigenvalue weighted by atomic mass is 16.5. The number of carbonyl (C=O) groups is 3. The number of aromatic nitrogens is 1. The molecule has 1 saturated heterocycles. The molecule has 4 bridgehead atoms. The van der Waals surface area contributed by atoms with Gasteiger partial charge < -0.3 is 33.9 Å². The average Bonchev–Trinajstić information content (AvgIpc) is 3.34. The highest BCUT2D eigenvalue weighted by Crippen LogP contribution is 2.26. The molecule has 222 valence electrons. The second kappa shape index (κ2) is 13.2. The molecular weight excluding hydrogens is 540 g/mol. The molecule has 2 aliphatic heterocycles. The molecule has 3 amide bonds. The Morgan fingerprint density at radius 2 is 1.86 bits per heavy atom. The van der Waals surface area contributed by atoms with Crippen LogP contribution in [0.15, 0.2) is 53.1 Å². The van der Waals surface area contributed by atoms with Crippen molar-refractivity contribution in [1.29, 1.82) is 0 Å². The fourth-order valence-electron chi connectivity index (χ4n) is 5.32. The number of nitrogens with one attached hydrogen (secondary N) is 1. The molecule has 11 nitrogen and oxygen atoms in total. The van der Waals surface area contributed by atoms with Crippen molar-refractivity contribution in [3.63, 3.8) is 0 Å². The van der Waals surface area contributed by atoms with Crippen molar-refractivity contribution in [1.82, 2.24) is 20.3 Å². The highest BCUT2D eigenvalue weighted by Gasteiger charge is 2.36. The van der Waals surface area contributed by atoms with Gasteiger partial charge in [0.25, 0.3) is 5.91 Å². The first-order valence-electron chi connectivity index (χ1n) is 14.1. The van der Waals surface area contributed by atoms with Crippen molar-refractivity contribution in [2.45, 2.75) is 52.0 Å². The standard InChI is InChI=1S/C31H36N4O7/c1-4-34-17-28(36)32-26-16-35(31(38)30-25(19-39-3)20(2)42-33-30)12-11-27(26)40-18-22-8-6-10-24(14-22)41-23-9-5-7-21(13-23)15-29(34)37/h5-10,13-14,26-27H,4,11-12,15-19H2,1-3H3,(H,32,36)/t26-,27-/m0/s1. The number of nitrogens with zero attached hydrogens (tertiary/aromatic N) is 3. The highest BCUT2D eigenvalue weighted by molar-refractivity contribution is 5.94. The SMILES string of the molecule is CCN1CC(=O)N[C@H]2CN(C(=O)c3noc(C)c3COC)CC[C@@H]2OCc2cccc(c2)Oc2cccc(c2)CC1=O. The van der Waals surface area contributed by atoms with E-state index in [1.54, 1.807) is 18.9 Å². The predicted molar refractivity (Wildman–Crippen MR) is 152 cm³/mol. The summed E-state index contributed by atoms with van der Waals surface area (Å²) < 4.78 is 22.9. The van der Waals surface area contributed by atoms with Crippen LogP contribution in [0.3, 0.4) is 0 Å². The van der Waals surface area contributed by atoms with Crippen LogP contribution in [-0.2, 0) is 38.7 Å². The predicted octanol–water partition coefficient (Wildman–Crippen LogP) is 3.24. The van der Waals surface area contributed by atoms with E-state index in [0.29, 0.717) is 48.9 Å². The summed E-state index contributed by atoms with van der Waals surface area (Å²) >= 11 is 0. The number of likely N-dealkylation sites (N-methyl/N-ethyl adjacent to an activating group) is 1. The van der Waals surface area contributed by atoms with E-state index < -0.39 is 6.04 Å². The molecule has 1 fully saturated rings. The quantitative estimate of drug-likeness (QED) is 0.502. The zero-order chi connectivity index (χ0) is 29.6. The van der Waals surface area contributed by atoms with E-state index >= 15 is 0 Å². The maximum atomic E-state index is 13.5. The van der Waals surface area contributed by atoms with Crippen molar-refractivity contribution >= 4 is 17.7 Å². The summed E-state index contributed by atoms with van der Waals surface area (Å²) in [6, 6.07) is 14.5. The first kappa shape index (κ1) is 29.3. The van der Waals surface area contributed by atoms with Crippen LogP contribution in [0.5, 0.6) is 11.5 Å². The third-order valence-corrected chi connectivity index (χ3v) is 7.58. The topological polar surface area (TPSA) is 123 Å². The van der Waals surface area contributed by atoms with Gasteiger partial charge in [-0.2, -0.15) is 0 Å². The number of benzene rings is 2. The lowest BCUT2D eigenvalue weighted by atomic mass is 10.0. The summed E-state index contributed by atoms with van der Waals surface area (Å²) in [4.78, 5) is 43.1. The van der Waals surface area contributed by atoms with Crippen LogP contribution in [-0.4, -0.2) is 78.1 Å². The second-order valence-corrected chi connectivity index (χ2v) is 10.5. The van der Waals surface area contributed by atoms with Crippen molar-refractivity contribution < 1.29 is 33.1 Å². The van der Waals surface area contributed by atoms with Gasteiger partial charge in [0.1, 0.15) is 17.3 Å². The van der Waals surface area contributed by atoms with Crippen molar-refractivity contribution in [2.24, 2.45) is 0 Å². The fraction of sp³-hybridized carbons (Fsp3) is 0.419. The van der Waals surface area contributed by atoms with Gasteiger partial charge in [-0.25, -0.2) is 0 Å². The molecule has 42 heavy (non-hydrogen) atoms. The van der Waals surface area contributed by atoms with Crippen LogP contribution in [0.1, 0.15) is 46.3 Å². The van der Waals surface area contributed by atoms with Gasteiger partial charge in [-0.3, -0.25) is 14.4 Å². The lowest BCUT2D eigenvalue weighted by Crippen LogP contribution is -2.58. The molecule has 3 heterocycles. The Labute approximate surface area is 244 Å². The van der Waals surface area contributed by atoms with Gasteiger partial charge in [0.15, 0.2) is 5.69 Å². The van der Waals surface area contributed by atoms with Crippen LogP contribution >= 0.6 is 0 Å². The summed E-state index contributed by atoms with van der Waals surface area (Å²) in [6.45, 7) is 4.95. The largest absolute Gasteiger partial charge is 0.457 e. The van der Waals surface area contributed by atoms with Crippen molar-refractivity contribution in [3.05, 3.63) is 76.7 Å². The average molecular weight is 577 g/mol. The molecule has 2 atom stereocenters. The molecule has 0 unspecified atom stereocenters. The molecule has 3 aromatic rings. The van der Waals surface area contributed by atoms with Gasteiger partial charge in [-0.05, 0) is 55.7 Å². The smallest absolute Gasteiger partial charge is 0.276 e. The minimum Gasteiger partial charge on any atom is -0.457 e. The maximum absolute atomic E-state index is 13.5. The Kier molecular flexibility index (Phi) is 9.19. The van der Waals surface area contributed by atoms with E-state index in [-0.39, 0.29) is 55.6 Å². The summed E-state index contributed by atoms with van der Waals surface area (Å²) in [6.07, 6.45) is 0.263. The molecule has 1 N–H and O–H groups in total. The number of aryl methyl sites for hydroxylation is 1. The normalized spacial score (nSPS) is 19.9. The van der Waals surface area contributed by atoms with Gasteiger partial charge in [-0.1, -0.05) is 29.4 Å². The van der Waals surface area contributed by atoms with E-state index in [1.165, 1.54) is 4.90 Å². The Balaban J connectivity index is 1.40. The number of amides is 3. The molecule has 0 aliphatic carbocycles. The number of methoxy groups -OCH3 is 1. The van der Waals surface area contributed by atoms with Gasteiger partial charge in [-0.15, -0.1) is 0 Å². The number of rotatable bonds is 4. The second-order valence-electron chi connectivity index (χ2n) is 10.5. The Hall–Kier alpha value is -4.22. The third-order valence-electron chi connectivity index (χ3n) is 7.58. The lowest BCUT2D eigenvalue weighted by molar-refractivity contribution is -0.136. The number of likely N-dealkylation sites (tertiary alicyclic amines) is 1. The summed E-state index contributed by atoms with van der Waals surface area (Å²) in [7, 11) is 1.54. The summed E-state index contributed by atoms with van der Waals surface area (Å²) in [5.41, 5.74) is 2.50. The molecule has 2 aromatic carbocycles. The van der Waals surface area contributed by atoms with Crippen LogP contribution < -0.4 is 10.1 Å². The molecule has 0 radical (unpaired) electrons. The molecule has 0 saturated carbocycles. The fourth-order valence-corrected chi connectivity index (χ4v) is 5.32. The van der Waals surface area contributed by atoms with E-state index in [2.05, 4.69) is 10.5 Å². The van der Waals surface area contributed by atoms with E-state index in [9.17, 15) is 14.4 Å². The van der Waals surface area contributed by atoms with Gasteiger partial charge in [0, 0.05) is 26.7 Å². The van der Waals surface area contributed by atoms with Crippen LogP contribution in [0.2, 0.25) is 0 Å². The first-order valence-corrected chi connectivity index (χ1v) is 14.1. The molecule has 11 heteroatoms. The van der Waals surface area contributed by atoms with Crippen LogP contribution in [0.4, 0.5) is 0 Å². The van der Waals surface area contributed by atoms with Crippen LogP contribution in [0.25, 0.3) is 0 Å². The number of piperidine rings is 1. The summed E-state index contributed by atoms with van der Waals surface area (Å²) in [5, 5.41) is 7.03. The maximum Gasteiger partial charge on any atom is 0.276 e. The van der Waals surface area contributed by atoms with Crippen molar-refractivity contribution in [3.8, 4) is 11.5 Å². The van der Waals surface area contributed by atoms with Gasteiger partial charge in [0.2, 0.25) is 11.8 Å². The number of carbonyl (C=O) groups excluding carboxylic acids is 3. The van der Waals surface area contributed by atoms with E-state index in [4.69, 9.17) is 18.7 Å². The van der Waals surface area contributed by atoms with Crippen LogP contribution in [0, 0.1) is 6.92 Å². The van der Waals surface area contributed by atoms with E-state index in [0.717, 1.165) is 11.1 Å². The molecular formula is C31H36N4O7. The van der Waals surface area contributed by atoms with E-state index in [1.807, 2.05) is 55.5 Å². The number of ether oxygens (including phenoxy) is 3. The Morgan fingerprint density at radius 1 is 1.12 bits per heavy atom. The zero-order valence-corrected chi connectivity index (χ0v) is 24.1. The monoisotopic (exact) mass is 576 g/mol. The summed E-state index contributed by atoms with van der Waals surface area (Å²) in [5.74, 6) is 1.01. The third kappa shape index (κ3) is 6.80. The van der Waals surface area contributed by atoms with Crippen molar-refractivity contribution in [2.75, 3.05) is 33.3 Å². The Morgan fingerprint density at radius 3 is 2.60 bits per heavy atom. The number of hydrogen-bond acceptors (Lipinski definition) is 8. The number of hydrogen-bond donors (Lipinski definition) is 1. The number of fused-ring (bicyclic) bond motifs is 5. The van der Waals surface area contributed by atoms with Gasteiger partial charge >= 0.3 is 0 Å². The minimum atomic E-state index is -0.506. The molecule has 0 spiro atoms. The molecule has 5 rings (SSSR count). The molecule has 2 aliphatic rings. The minimum absolute atomic E-state index is 0.107.